The molecule has 0 spiro atoms. The SMILES string of the molecule is CC(C)(C)N1Cc2ccc(O)cc2C1. The normalized spacial score (nSPS) is 17.1. The quantitative estimate of drug-likeness (QED) is 0.681. The van der Waals surface area contributed by atoms with E-state index in [0.717, 1.165) is 13.1 Å². The van der Waals surface area contributed by atoms with Crippen molar-refractivity contribution in [1.29, 1.82) is 0 Å². The van der Waals surface area contributed by atoms with Crippen molar-refractivity contribution in [2.75, 3.05) is 0 Å². The van der Waals surface area contributed by atoms with Crippen molar-refractivity contribution in [2.24, 2.45) is 0 Å². The van der Waals surface area contributed by atoms with Gasteiger partial charge in [-0.15, -0.1) is 0 Å². The van der Waals surface area contributed by atoms with Gasteiger partial charge in [0, 0.05) is 18.6 Å². The zero-order chi connectivity index (χ0) is 10.3. The van der Waals surface area contributed by atoms with Crippen LogP contribution < -0.4 is 0 Å². The number of hydrogen-bond acceptors (Lipinski definition) is 2. The standard InChI is InChI=1S/C12H17NO/c1-12(2,3)13-7-9-4-5-11(14)6-10(9)8-13/h4-6,14H,7-8H2,1-3H3. The molecular formula is C12H17NO. The van der Waals surface area contributed by atoms with Crippen LogP contribution in [0.4, 0.5) is 0 Å². The Hall–Kier alpha value is -1.02. The first-order valence-corrected chi connectivity index (χ1v) is 5.02. The van der Waals surface area contributed by atoms with Crippen LogP contribution in [0, 0.1) is 0 Å². The Morgan fingerprint density at radius 1 is 1.14 bits per heavy atom. The molecule has 0 atom stereocenters. The molecule has 0 amide bonds. The van der Waals surface area contributed by atoms with Gasteiger partial charge in [0.1, 0.15) is 5.75 Å². The Labute approximate surface area is 85.2 Å². The Balaban J connectivity index is 2.26. The molecule has 1 aromatic rings. The van der Waals surface area contributed by atoms with E-state index in [9.17, 15) is 5.11 Å². The third kappa shape index (κ3) is 1.62. The second-order valence-corrected chi connectivity index (χ2v) is 4.98. The molecule has 2 rings (SSSR count). The topological polar surface area (TPSA) is 23.5 Å². The maximum atomic E-state index is 9.37. The zero-order valence-electron chi connectivity index (χ0n) is 9.04. The Morgan fingerprint density at radius 2 is 1.79 bits per heavy atom. The number of fused-ring (bicyclic) bond motifs is 1. The summed E-state index contributed by atoms with van der Waals surface area (Å²) in [5.74, 6) is 0.375. The van der Waals surface area contributed by atoms with Crippen molar-refractivity contribution in [2.45, 2.75) is 39.4 Å². The predicted octanol–water partition coefficient (Wildman–Crippen LogP) is 2.51. The van der Waals surface area contributed by atoms with E-state index >= 15 is 0 Å². The highest BCUT2D eigenvalue weighted by Gasteiger charge is 2.27. The van der Waals surface area contributed by atoms with Crippen molar-refractivity contribution in [3.8, 4) is 5.75 Å². The summed E-state index contributed by atoms with van der Waals surface area (Å²) < 4.78 is 0. The lowest BCUT2D eigenvalue weighted by molar-refractivity contribution is 0.136. The number of phenols is 1. The van der Waals surface area contributed by atoms with Crippen LogP contribution in [0.3, 0.4) is 0 Å². The molecule has 2 nitrogen and oxygen atoms in total. The van der Waals surface area contributed by atoms with Crippen LogP contribution in [0.2, 0.25) is 0 Å². The van der Waals surface area contributed by atoms with Gasteiger partial charge >= 0.3 is 0 Å². The number of hydrogen-bond donors (Lipinski definition) is 1. The van der Waals surface area contributed by atoms with Gasteiger partial charge in [0.25, 0.3) is 0 Å². The van der Waals surface area contributed by atoms with Crippen molar-refractivity contribution >= 4 is 0 Å². The first kappa shape index (κ1) is 9.53. The van der Waals surface area contributed by atoms with Gasteiger partial charge in [-0.2, -0.15) is 0 Å². The fraction of sp³-hybridized carbons (Fsp3) is 0.500. The van der Waals surface area contributed by atoms with E-state index in [1.165, 1.54) is 11.1 Å². The predicted molar refractivity (Wildman–Crippen MR) is 57.1 cm³/mol. The number of benzene rings is 1. The van der Waals surface area contributed by atoms with E-state index in [1.807, 2.05) is 12.1 Å². The average molecular weight is 191 g/mol. The highest BCUT2D eigenvalue weighted by atomic mass is 16.3. The molecule has 1 aromatic carbocycles. The molecule has 76 valence electrons. The van der Waals surface area contributed by atoms with E-state index in [2.05, 4.69) is 25.7 Å². The van der Waals surface area contributed by atoms with Gasteiger partial charge in [-0.05, 0) is 44.0 Å². The highest BCUT2D eigenvalue weighted by Crippen LogP contribution is 2.30. The summed E-state index contributed by atoms with van der Waals surface area (Å²) in [6.45, 7) is 8.61. The molecule has 0 aromatic heterocycles. The van der Waals surface area contributed by atoms with E-state index in [0.29, 0.717) is 5.75 Å². The van der Waals surface area contributed by atoms with E-state index in [-0.39, 0.29) is 5.54 Å². The Kier molecular flexibility index (Phi) is 2.04. The van der Waals surface area contributed by atoms with E-state index in [4.69, 9.17) is 0 Å². The molecule has 0 bridgehead atoms. The minimum Gasteiger partial charge on any atom is -0.508 e. The molecule has 1 heterocycles. The monoisotopic (exact) mass is 191 g/mol. The molecular weight excluding hydrogens is 174 g/mol. The molecule has 1 aliphatic rings. The molecule has 14 heavy (non-hydrogen) atoms. The molecule has 0 unspecified atom stereocenters. The lowest BCUT2D eigenvalue weighted by Crippen LogP contribution is -2.36. The fourth-order valence-electron chi connectivity index (χ4n) is 1.86. The summed E-state index contributed by atoms with van der Waals surface area (Å²) in [7, 11) is 0. The number of rotatable bonds is 0. The van der Waals surface area contributed by atoms with Crippen molar-refractivity contribution in [1.82, 2.24) is 4.90 Å². The first-order valence-electron chi connectivity index (χ1n) is 5.02. The van der Waals surface area contributed by atoms with Crippen molar-refractivity contribution in [3.05, 3.63) is 29.3 Å². The summed E-state index contributed by atoms with van der Waals surface area (Å²) in [6.07, 6.45) is 0. The molecule has 0 aliphatic carbocycles. The molecule has 0 radical (unpaired) electrons. The third-order valence-corrected chi connectivity index (χ3v) is 2.86. The smallest absolute Gasteiger partial charge is 0.115 e. The Bertz CT molecular complexity index is 352. The third-order valence-electron chi connectivity index (χ3n) is 2.86. The Morgan fingerprint density at radius 3 is 2.43 bits per heavy atom. The van der Waals surface area contributed by atoms with Gasteiger partial charge in [-0.3, -0.25) is 4.90 Å². The maximum absolute atomic E-state index is 9.37. The largest absolute Gasteiger partial charge is 0.508 e. The van der Waals surface area contributed by atoms with Crippen LogP contribution in [0.5, 0.6) is 5.75 Å². The van der Waals surface area contributed by atoms with Gasteiger partial charge in [-0.25, -0.2) is 0 Å². The number of aromatic hydroxyl groups is 1. The number of phenolic OH excluding ortho intramolecular Hbond substituents is 1. The van der Waals surface area contributed by atoms with Gasteiger partial charge < -0.3 is 5.11 Å². The van der Waals surface area contributed by atoms with Gasteiger partial charge in [0.15, 0.2) is 0 Å². The van der Waals surface area contributed by atoms with Crippen LogP contribution in [0.1, 0.15) is 31.9 Å². The van der Waals surface area contributed by atoms with Gasteiger partial charge in [0.05, 0.1) is 0 Å². The minimum absolute atomic E-state index is 0.203. The van der Waals surface area contributed by atoms with Gasteiger partial charge in [0.2, 0.25) is 0 Å². The van der Waals surface area contributed by atoms with Crippen LogP contribution in [0.25, 0.3) is 0 Å². The van der Waals surface area contributed by atoms with Crippen LogP contribution in [-0.4, -0.2) is 15.5 Å². The lowest BCUT2D eigenvalue weighted by Gasteiger charge is -2.31. The highest BCUT2D eigenvalue weighted by molar-refractivity contribution is 5.37. The molecule has 0 saturated heterocycles. The second-order valence-electron chi connectivity index (χ2n) is 4.98. The second kappa shape index (κ2) is 2.99. The van der Waals surface area contributed by atoms with E-state index in [1.54, 1.807) is 6.07 Å². The van der Waals surface area contributed by atoms with Crippen molar-refractivity contribution in [3.63, 3.8) is 0 Å². The maximum Gasteiger partial charge on any atom is 0.115 e. The van der Waals surface area contributed by atoms with Crippen LogP contribution in [-0.2, 0) is 13.1 Å². The van der Waals surface area contributed by atoms with E-state index < -0.39 is 0 Å². The first-order chi connectivity index (χ1) is 6.47. The fourth-order valence-corrected chi connectivity index (χ4v) is 1.86. The average Bonchev–Trinajstić information content (AvgIpc) is 2.45. The van der Waals surface area contributed by atoms with Crippen LogP contribution >= 0.6 is 0 Å². The minimum atomic E-state index is 0.203. The molecule has 2 heteroatoms. The molecule has 1 N–H and O–H groups in total. The van der Waals surface area contributed by atoms with Crippen molar-refractivity contribution < 1.29 is 5.11 Å². The van der Waals surface area contributed by atoms with Gasteiger partial charge in [-0.1, -0.05) is 6.07 Å². The number of nitrogens with zero attached hydrogens (tertiary/aromatic N) is 1. The summed E-state index contributed by atoms with van der Waals surface area (Å²) in [5.41, 5.74) is 2.81. The summed E-state index contributed by atoms with van der Waals surface area (Å²) in [4.78, 5) is 2.41. The zero-order valence-corrected chi connectivity index (χ0v) is 9.04. The summed E-state index contributed by atoms with van der Waals surface area (Å²) in [6, 6.07) is 5.67. The molecule has 0 saturated carbocycles. The summed E-state index contributed by atoms with van der Waals surface area (Å²) >= 11 is 0. The summed E-state index contributed by atoms with van der Waals surface area (Å²) in [5, 5.41) is 9.37. The lowest BCUT2D eigenvalue weighted by atomic mass is 10.1. The molecule has 0 fully saturated rings. The molecule has 1 aliphatic heterocycles. The van der Waals surface area contributed by atoms with Crippen LogP contribution in [0.15, 0.2) is 18.2 Å².